The second kappa shape index (κ2) is 12.4. The van der Waals surface area contributed by atoms with Crippen molar-refractivity contribution in [3.8, 4) is 11.5 Å². The minimum atomic E-state index is -3.21. The van der Waals surface area contributed by atoms with Crippen LogP contribution < -0.4 is 0 Å². The predicted molar refractivity (Wildman–Crippen MR) is 174 cm³/mol. The van der Waals surface area contributed by atoms with E-state index in [0.717, 1.165) is 18.1 Å². The van der Waals surface area contributed by atoms with Crippen LogP contribution in [0.3, 0.4) is 0 Å². The first-order valence-electron chi connectivity index (χ1n) is 16.0. The summed E-state index contributed by atoms with van der Waals surface area (Å²) < 4.78 is 22.0. The molecule has 3 aliphatic carbocycles. The van der Waals surface area contributed by atoms with Crippen molar-refractivity contribution >= 4 is 34.8 Å². The van der Waals surface area contributed by atoms with Crippen LogP contribution in [0.2, 0.25) is 0 Å². The van der Waals surface area contributed by atoms with E-state index in [-0.39, 0.29) is 22.4 Å². The van der Waals surface area contributed by atoms with Crippen LogP contribution in [0.25, 0.3) is 0 Å². The zero-order valence-corrected chi connectivity index (χ0v) is 28.8. The molecule has 0 radical (unpaired) electrons. The monoisotopic (exact) mass is 710 g/mol. The van der Waals surface area contributed by atoms with E-state index < -0.39 is 129 Å². The number of carbonyl (C=O) groups excluding carboxylic acids is 5. The molecule has 8 atom stereocenters. The van der Waals surface area contributed by atoms with Crippen LogP contribution in [0, 0.1) is 6.92 Å². The smallest absolute Gasteiger partial charge is 0.257 e. The number of hydrogen-bond acceptors (Lipinski definition) is 15. The molecule has 6 rings (SSSR count). The van der Waals surface area contributed by atoms with Gasteiger partial charge in [0.1, 0.15) is 29.8 Å². The van der Waals surface area contributed by atoms with Crippen LogP contribution in [0.15, 0.2) is 17.1 Å². The zero-order valence-electron chi connectivity index (χ0n) is 28.8. The number of phenolic OH excluding ortho intramolecular Hbond substituents is 2. The number of nitrogens with zero attached hydrogens (tertiary/aromatic N) is 2. The van der Waals surface area contributed by atoms with Gasteiger partial charge in [-0.15, -0.1) is 0 Å². The van der Waals surface area contributed by atoms with E-state index in [9.17, 15) is 49.5 Å². The van der Waals surface area contributed by atoms with Gasteiger partial charge in [-0.05, 0) is 31.0 Å². The summed E-state index contributed by atoms with van der Waals surface area (Å²) in [6.45, 7) is 3.11. The molecule has 0 saturated carbocycles. The molecule has 2 aromatic carbocycles. The molecule has 1 saturated heterocycles. The predicted octanol–water partition coefficient (Wildman–Crippen LogP) is 0.0228. The van der Waals surface area contributed by atoms with Gasteiger partial charge in [0.15, 0.2) is 23.2 Å². The molecule has 5 N–H and O–H groups in total. The molecule has 4 aliphatic rings. The second-order valence-electron chi connectivity index (χ2n) is 13.4. The molecule has 1 heterocycles. The average molecular weight is 711 g/mol. The maximum absolute atomic E-state index is 14.7. The fraction of sp³-hybridized carbons (Fsp3) is 0.486. The van der Waals surface area contributed by atoms with Crippen molar-refractivity contribution in [2.45, 2.75) is 74.6 Å². The highest BCUT2D eigenvalue weighted by Crippen LogP contribution is 2.56. The Labute approximate surface area is 291 Å². The third kappa shape index (κ3) is 4.71. The molecule has 16 heteroatoms. The van der Waals surface area contributed by atoms with Gasteiger partial charge in [-0.25, -0.2) is 0 Å². The fourth-order valence-electron chi connectivity index (χ4n) is 8.03. The lowest BCUT2D eigenvalue weighted by atomic mass is 9.56. The second-order valence-corrected chi connectivity index (χ2v) is 13.4. The molecule has 0 aromatic heterocycles. The molecule has 2 aromatic rings. The zero-order chi connectivity index (χ0) is 37.6. The van der Waals surface area contributed by atoms with Gasteiger partial charge in [0, 0.05) is 58.5 Å². The van der Waals surface area contributed by atoms with Crippen molar-refractivity contribution in [2.75, 3.05) is 35.4 Å². The number of hydrogen-bond donors (Lipinski definition) is 5. The maximum Gasteiger partial charge on any atom is 0.257 e. The molecule has 16 nitrogen and oxygen atoms in total. The largest absolute Gasteiger partial charge is 0.507 e. The Kier molecular flexibility index (Phi) is 8.82. The Morgan fingerprint density at radius 1 is 0.961 bits per heavy atom. The number of Topliss-reactive ketones (excluding diaryl/α,β-unsaturated/α-hetero) is 4. The number of carbonyl (C=O) groups is 5. The summed E-state index contributed by atoms with van der Waals surface area (Å²) in [5.41, 5.74) is -9.66. The van der Waals surface area contributed by atoms with Gasteiger partial charge in [-0.1, -0.05) is 6.07 Å². The third-order valence-electron chi connectivity index (χ3n) is 10.5. The Bertz CT molecular complexity index is 1950. The minimum absolute atomic E-state index is 0.0303. The van der Waals surface area contributed by atoms with Crippen molar-refractivity contribution < 1.29 is 68.5 Å². The molecule has 272 valence electrons. The molecule has 0 bridgehead atoms. The van der Waals surface area contributed by atoms with Crippen molar-refractivity contribution in [2.24, 2.45) is 4.99 Å². The number of benzene rings is 2. The van der Waals surface area contributed by atoms with E-state index in [0.29, 0.717) is 0 Å². The number of phenols is 2. The number of aliphatic hydroxyl groups excluding tert-OH is 2. The standard InChI is InChI=1S/C35H38N2O14/c1-12-8-14-9-19(39)35(50-7)31(45)22-16(30(44)34(35,47)23(14)26(42)20(12)33(46)37(3)4)10-15-21(25(22)41)18(38)11-17(24(15)40)36-32-29(49-6)27(43)28(48-5)13(2)51-32/h8,10,13,19,27-29,32,39,41-43,47H,9,11H2,1-7H3/t13-,19+,27+,28-,29+,32?,34-,35+/m0/s1. The average Bonchev–Trinajstić information content (AvgIpc) is 3.05. The summed E-state index contributed by atoms with van der Waals surface area (Å²) in [7, 11) is 6.43. The SMILES string of the molecule is CO[C@@H]1[C@@H](O)[C@@H](OC)C(N=C2CC(=O)c3c(cc4c(c3O)C(=O)[C@]3(OC)[C@H](O)Cc5cc(C)c(C(=O)N(C)C)c(O)c5[C@]3(O)C4=O)C2=O)O[C@H]1C. The molecule has 1 amide bonds. The number of amides is 1. The van der Waals surface area contributed by atoms with Gasteiger partial charge in [-0.3, -0.25) is 29.0 Å². The van der Waals surface area contributed by atoms with E-state index in [1.54, 1.807) is 6.92 Å². The first-order valence-corrected chi connectivity index (χ1v) is 16.0. The molecule has 51 heavy (non-hydrogen) atoms. The Morgan fingerprint density at radius 3 is 2.20 bits per heavy atom. The Balaban J connectivity index is 1.55. The van der Waals surface area contributed by atoms with Crippen molar-refractivity contribution in [3.05, 3.63) is 56.6 Å². The highest BCUT2D eigenvalue weighted by atomic mass is 16.6. The van der Waals surface area contributed by atoms with Gasteiger partial charge in [-0.2, -0.15) is 0 Å². The summed E-state index contributed by atoms with van der Waals surface area (Å²) in [5, 5.41) is 57.9. The number of aromatic hydroxyl groups is 2. The van der Waals surface area contributed by atoms with E-state index in [1.165, 1.54) is 41.3 Å². The molecular weight excluding hydrogens is 672 g/mol. The highest BCUT2D eigenvalue weighted by molar-refractivity contribution is 6.53. The number of aliphatic imine (C=N–C) groups is 1. The van der Waals surface area contributed by atoms with Crippen LogP contribution in [0.1, 0.15) is 81.8 Å². The summed E-state index contributed by atoms with van der Waals surface area (Å²) in [6, 6.07) is 2.26. The minimum Gasteiger partial charge on any atom is -0.507 e. The maximum atomic E-state index is 14.7. The molecular formula is C35H38N2O14. The first kappa shape index (κ1) is 36.4. The number of methoxy groups -OCH3 is 3. The summed E-state index contributed by atoms with van der Waals surface area (Å²) >= 11 is 0. The summed E-state index contributed by atoms with van der Waals surface area (Å²) in [5.74, 6) is -7.06. The fourth-order valence-corrected chi connectivity index (χ4v) is 8.03. The van der Waals surface area contributed by atoms with E-state index in [1.807, 2.05) is 0 Å². The van der Waals surface area contributed by atoms with Crippen LogP contribution >= 0.6 is 0 Å². The van der Waals surface area contributed by atoms with Crippen LogP contribution in [-0.4, -0.2) is 143 Å². The molecule has 1 aliphatic heterocycles. The third-order valence-corrected chi connectivity index (χ3v) is 10.5. The topological polar surface area (TPSA) is 239 Å². The lowest BCUT2D eigenvalue weighted by Gasteiger charge is -2.53. The molecule has 1 fully saturated rings. The van der Waals surface area contributed by atoms with Gasteiger partial charge >= 0.3 is 0 Å². The number of aliphatic hydroxyl groups is 3. The van der Waals surface area contributed by atoms with E-state index in [2.05, 4.69) is 4.99 Å². The number of ether oxygens (including phenoxy) is 4. The lowest BCUT2D eigenvalue weighted by Crippen LogP contribution is -2.73. The van der Waals surface area contributed by atoms with Gasteiger partial charge < -0.3 is 49.4 Å². The normalized spacial score (nSPS) is 32.3. The summed E-state index contributed by atoms with van der Waals surface area (Å²) in [4.78, 5) is 75.3. The van der Waals surface area contributed by atoms with Crippen LogP contribution in [-0.2, 0) is 31.0 Å². The van der Waals surface area contributed by atoms with Gasteiger partial charge in [0.2, 0.25) is 17.3 Å². The number of fused-ring (bicyclic) bond motifs is 5. The quantitative estimate of drug-likeness (QED) is 0.275. The number of aryl methyl sites for hydroxylation is 1. The highest BCUT2D eigenvalue weighted by Gasteiger charge is 2.72. The van der Waals surface area contributed by atoms with Gasteiger partial charge in [0.25, 0.3) is 5.91 Å². The van der Waals surface area contributed by atoms with Crippen molar-refractivity contribution in [3.63, 3.8) is 0 Å². The van der Waals surface area contributed by atoms with Gasteiger partial charge in [0.05, 0.1) is 41.0 Å². The lowest BCUT2D eigenvalue weighted by molar-refractivity contribution is -0.228. The Hall–Kier alpha value is -4.42. The number of ketones is 4. The van der Waals surface area contributed by atoms with Crippen LogP contribution in [0.4, 0.5) is 0 Å². The van der Waals surface area contributed by atoms with Crippen molar-refractivity contribution in [1.82, 2.24) is 4.90 Å². The van der Waals surface area contributed by atoms with E-state index in [4.69, 9.17) is 18.9 Å². The van der Waals surface area contributed by atoms with E-state index >= 15 is 0 Å². The Morgan fingerprint density at radius 2 is 1.61 bits per heavy atom. The molecule has 0 spiro atoms. The number of rotatable bonds is 5. The summed E-state index contributed by atoms with van der Waals surface area (Å²) in [6.07, 6.45) is -8.17. The van der Waals surface area contributed by atoms with Crippen LogP contribution in [0.5, 0.6) is 11.5 Å². The van der Waals surface area contributed by atoms with Crippen molar-refractivity contribution in [1.29, 1.82) is 0 Å². The first-order chi connectivity index (χ1) is 23.9. The molecule has 1 unspecified atom stereocenters.